The zero-order chi connectivity index (χ0) is 8.27. The van der Waals surface area contributed by atoms with Gasteiger partial charge in [-0.2, -0.15) is 0 Å². The van der Waals surface area contributed by atoms with E-state index in [1.165, 1.54) is 0 Å². The molecule has 1 heterocycles. The fourth-order valence-electron chi connectivity index (χ4n) is 1.36. The summed E-state index contributed by atoms with van der Waals surface area (Å²) in [6.07, 6.45) is -0.503. The predicted molar refractivity (Wildman–Crippen MR) is 43.8 cm³/mol. The molecule has 3 heteroatoms. The van der Waals surface area contributed by atoms with Crippen LogP contribution in [0, 0.1) is 5.92 Å². The summed E-state index contributed by atoms with van der Waals surface area (Å²) in [5.41, 5.74) is 0. The van der Waals surface area contributed by atoms with E-state index in [0.29, 0.717) is 0 Å². The summed E-state index contributed by atoms with van der Waals surface area (Å²) in [7, 11) is 0. The normalized spacial score (nSPS) is 24.0. The molecule has 1 N–H and O–H groups in total. The molecule has 0 aromatic heterocycles. The van der Waals surface area contributed by atoms with Gasteiger partial charge in [-0.1, -0.05) is 13.8 Å². The van der Waals surface area contributed by atoms with Crippen LogP contribution >= 0.6 is 0 Å². The molecule has 1 aliphatic heterocycles. The van der Waals surface area contributed by atoms with Crippen molar-refractivity contribution in [2.75, 3.05) is 26.2 Å². The van der Waals surface area contributed by atoms with Crippen LogP contribution in [0.4, 0.5) is 0 Å². The fraction of sp³-hybridized carbons (Fsp3) is 1.00. The molecule has 1 aliphatic rings. The van der Waals surface area contributed by atoms with E-state index in [0.717, 1.165) is 26.2 Å². The molecule has 0 aromatic carbocycles. The molecule has 0 saturated carbocycles. The van der Waals surface area contributed by atoms with Crippen molar-refractivity contribution in [2.24, 2.45) is 5.92 Å². The number of nitrogens with zero attached hydrogens (tertiary/aromatic N) is 1. The van der Waals surface area contributed by atoms with Crippen molar-refractivity contribution in [3.05, 3.63) is 0 Å². The van der Waals surface area contributed by atoms with Crippen LogP contribution in [0.25, 0.3) is 0 Å². The van der Waals surface area contributed by atoms with Crippen molar-refractivity contribution in [2.45, 2.75) is 20.1 Å². The van der Waals surface area contributed by atoms with Gasteiger partial charge in [-0.25, -0.2) is 5.11 Å². The highest BCUT2D eigenvalue weighted by atomic mass is 16.3. The molecule has 1 atom stereocenters. The molecular weight excluding hydrogens is 140 g/mol. The first-order valence-electron chi connectivity index (χ1n) is 4.32. The molecule has 0 spiro atoms. The summed E-state index contributed by atoms with van der Waals surface area (Å²) in [5.74, 6) is 0.230. The van der Waals surface area contributed by atoms with Gasteiger partial charge in [0.05, 0.1) is 0 Å². The third-order valence-electron chi connectivity index (χ3n) is 2.08. The maximum absolute atomic E-state index is 11.5. The molecule has 3 nitrogen and oxygen atoms in total. The van der Waals surface area contributed by atoms with Crippen LogP contribution in [0.5, 0.6) is 0 Å². The molecule has 1 rings (SSSR count). The number of piperazine rings is 1. The van der Waals surface area contributed by atoms with Crippen LogP contribution in [-0.4, -0.2) is 37.3 Å². The largest absolute Gasteiger partial charge is 0.314 e. The Morgan fingerprint density at radius 1 is 1.27 bits per heavy atom. The van der Waals surface area contributed by atoms with Gasteiger partial charge in [0, 0.05) is 26.2 Å². The summed E-state index contributed by atoms with van der Waals surface area (Å²) < 4.78 is 0. The summed E-state index contributed by atoms with van der Waals surface area (Å²) in [5, 5.41) is 14.7. The van der Waals surface area contributed by atoms with E-state index in [2.05, 4.69) is 5.32 Å². The second kappa shape index (κ2) is 4.04. The lowest BCUT2D eigenvalue weighted by atomic mass is 10.1. The minimum Gasteiger partial charge on any atom is -0.314 e. The first-order chi connectivity index (χ1) is 5.22. The number of rotatable bonds is 2. The van der Waals surface area contributed by atoms with Crippen molar-refractivity contribution >= 4 is 0 Å². The number of hydrogen-bond acceptors (Lipinski definition) is 2. The van der Waals surface area contributed by atoms with E-state index in [4.69, 9.17) is 0 Å². The van der Waals surface area contributed by atoms with Crippen molar-refractivity contribution in [3.63, 3.8) is 0 Å². The average Bonchev–Trinajstić information content (AvgIpc) is 2.05. The van der Waals surface area contributed by atoms with E-state index < -0.39 is 6.23 Å². The molecular formula is C8H17N2O. The highest BCUT2D eigenvalue weighted by Gasteiger charge is 2.21. The summed E-state index contributed by atoms with van der Waals surface area (Å²) in [6, 6.07) is 0. The van der Waals surface area contributed by atoms with Gasteiger partial charge in [-0.05, 0) is 5.92 Å². The molecule has 0 aromatic rings. The first-order valence-corrected chi connectivity index (χ1v) is 4.32. The highest BCUT2D eigenvalue weighted by Crippen LogP contribution is 2.08. The Morgan fingerprint density at radius 3 is 2.27 bits per heavy atom. The molecule has 11 heavy (non-hydrogen) atoms. The lowest BCUT2D eigenvalue weighted by molar-refractivity contribution is -0.0824. The second-order valence-corrected chi connectivity index (χ2v) is 3.42. The van der Waals surface area contributed by atoms with Gasteiger partial charge in [-0.15, -0.1) is 0 Å². The van der Waals surface area contributed by atoms with Crippen LogP contribution in [0.2, 0.25) is 0 Å². The number of nitrogens with one attached hydrogen (secondary N) is 1. The van der Waals surface area contributed by atoms with Crippen molar-refractivity contribution in [3.8, 4) is 0 Å². The first kappa shape index (κ1) is 8.97. The molecule has 65 valence electrons. The van der Waals surface area contributed by atoms with Crippen LogP contribution in [-0.2, 0) is 5.11 Å². The van der Waals surface area contributed by atoms with Gasteiger partial charge < -0.3 is 5.32 Å². The maximum Gasteiger partial charge on any atom is 0.148 e. The monoisotopic (exact) mass is 157 g/mol. The minimum absolute atomic E-state index is 0.230. The Labute approximate surface area is 68.4 Å². The molecule has 0 bridgehead atoms. The molecule has 1 radical (unpaired) electrons. The Morgan fingerprint density at radius 2 is 1.82 bits per heavy atom. The average molecular weight is 157 g/mol. The summed E-state index contributed by atoms with van der Waals surface area (Å²) >= 11 is 0. The second-order valence-electron chi connectivity index (χ2n) is 3.42. The van der Waals surface area contributed by atoms with E-state index in [-0.39, 0.29) is 5.92 Å². The van der Waals surface area contributed by atoms with E-state index >= 15 is 0 Å². The van der Waals surface area contributed by atoms with Gasteiger partial charge in [-0.3, -0.25) is 4.90 Å². The SMILES string of the molecule is CC(C)C([O])N1CCNCC1. The van der Waals surface area contributed by atoms with E-state index in [9.17, 15) is 5.11 Å². The van der Waals surface area contributed by atoms with Crippen LogP contribution in [0.3, 0.4) is 0 Å². The van der Waals surface area contributed by atoms with Crippen molar-refractivity contribution in [1.29, 1.82) is 0 Å². The van der Waals surface area contributed by atoms with Gasteiger partial charge in [0.2, 0.25) is 0 Å². The standard InChI is InChI=1S/C8H17N2O/c1-7(2)8(11)10-5-3-9-4-6-10/h7-9H,3-6H2,1-2H3. The lowest BCUT2D eigenvalue weighted by Gasteiger charge is -2.32. The third kappa shape index (κ3) is 2.43. The fourth-order valence-corrected chi connectivity index (χ4v) is 1.36. The summed E-state index contributed by atoms with van der Waals surface area (Å²) in [4.78, 5) is 2.02. The Hall–Kier alpha value is -0.120. The quantitative estimate of drug-likeness (QED) is 0.626. The van der Waals surface area contributed by atoms with Gasteiger partial charge in [0.25, 0.3) is 0 Å². The Kier molecular flexibility index (Phi) is 3.30. The molecule has 1 unspecified atom stereocenters. The van der Waals surface area contributed by atoms with Crippen molar-refractivity contribution < 1.29 is 5.11 Å². The zero-order valence-electron chi connectivity index (χ0n) is 7.34. The van der Waals surface area contributed by atoms with Crippen molar-refractivity contribution in [1.82, 2.24) is 10.2 Å². The zero-order valence-corrected chi connectivity index (χ0v) is 7.34. The van der Waals surface area contributed by atoms with Crippen LogP contribution < -0.4 is 5.32 Å². The number of hydrogen-bond donors (Lipinski definition) is 1. The van der Waals surface area contributed by atoms with E-state index in [1.807, 2.05) is 18.7 Å². The predicted octanol–water partition coefficient (Wildman–Crippen LogP) is 0.304. The van der Waals surface area contributed by atoms with E-state index in [1.54, 1.807) is 0 Å². The smallest absolute Gasteiger partial charge is 0.148 e. The van der Waals surface area contributed by atoms with Crippen LogP contribution in [0.15, 0.2) is 0 Å². The highest BCUT2D eigenvalue weighted by molar-refractivity contribution is 4.71. The lowest BCUT2D eigenvalue weighted by Crippen LogP contribution is -2.49. The van der Waals surface area contributed by atoms with Gasteiger partial charge >= 0.3 is 0 Å². The summed E-state index contributed by atoms with van der Waals surface area (Å²) in [6.45, 7) is 7.72. The Balaban J connectivity index is 2.32. The Bertz CT molecular complexity index is 111. The third-order valence-corrected chi connectivity index (χ3v) is 2.08. The molecule has 0 aliphatic carbocycles. The minimum atomic E-state index is -0.503. The molecule has 1 fully saturated rings. The van der Waals surface area contributed by atoms with Crippen LogP contribution in [0.1, 0.15) is 13.8 Å². The molecule has 1 saturated heterocycles. The maximum atomic E-state index is 11.5. The van der Waals surface area contributed by atoms with Gasteiger partial charge in [0.1, 0.15) is 6.23 Å². The molecule has 0 amide bonds. The van der Waals surface area contributed by atoms with Gasteiger partial charge in [0.15, 0.2) is 0 Å². The topological polar surface area (TPSA) is 35.2 Å².